The largest absolute Gasteiger partial charge is 0.399 e. The fourth-order valence-electron chi connectivity index (χ4n) is 2.50. The van der Waals surface area contributed by atoms with E-state index in [0.717, 1.165) is 12.0 Å². The second kappa shape index (κ2) is 5.73. The lowest BCUT2D eigenvalue weighted by Crippen LogP contribution is -2.43. The minimum atomic E-state index is -0.423. The number of benzene rings is 1. The molecule has 0 aromatic heterocycles. The molecule has 5 nitrogen and oxygen atoms in total. The van der Waals surface area contributed by atoms with Gasteiger partial charge in [0, 0.05) is 18.7 Å². The number of likely N-dealkylation sites (tertiary alicyclic amines) is 1. The van der Waals surface area contributed by atoms with E-state index < -0.39 is 11.9 Å². The zero-order chi connectivity index (χ0) is 13.8. The molecule has 5 heteroatoms. The second-order valence-electron chi connectivity index (χ2n) is 4.89. The number of rotatable bonds is 4. The van der Waals surface area contributed by atoms with Gasteiger partial charge in [-0.15, -0.1) is 0 Å². The van der Waals surface area contributed by atoms with Gasteiger partial charge in [0.25, 0.3) is 0 Å². The summed E-state index contributed by atoms with van der Waals surface area (Å²) in [6.07, 6.45) is 2.54. The Balaban J connectivity index is 1.92. The van der Waals surface area contributed by atoms with Gasteiger partial charge in [-0.2, -0.15) is 0 Å². The van der Waals surface area contributed by atoms with Gasteiger partial charge in [0.2, 0.25) is 11.8 Å². The van der Waals surface area contributed by atoms with Gasteiger partial charge in [-0.1, -0.05) is 12.1 Å². The minimum absolute atomic E-state index is 0.0104. The maximum absolute atomic E-state index is 12.1. The summed E-state index contributed by atoms with van der Waals surface area (Å²) in [5.74, 6) is -0.418. The number of hydrogen-bond donors (Lipinski definition) is 2. The third-order valence-corrected chi connectivity index (χ3v) is 3.48. The van der Waals surface area contributed by atoms with Crippen LogP contribution in [0.4, 0.5) is 5.69 Å². The molecule has 1 aromatic carbocycles. The maximum Gasteiger partial charge on any atom is 0.240 e. The van der Waals surface area contributed by atoms with Crippen LogP contribution in [0, 0.1) is 0 Å². The molecule has 0 bridgehead atoms. The first kappa shape index (κ1) is 13.4. The number of hydrogen-bond acceptors (Lipinski definition) is 3. The molecule has 1 heterocycles. The van der Waals surface area contributed by atoms with Crippen molar-refractivity contribution in [1.82, 2.24) is 4.90 Å². The van der Waals surface area contributed by atoms with Gasteiger partial charge in [-0.05, 0) is 37.0 Å². The van der Waals surface area contributed by atoms with Gasteiger partial charge in [0.1, 0.15) is 6.04 Å². The number of anilines is 1. The van der Waals surface area contributed by atoms with E-state index in [1.807, 2.05) is 24.3 Å². The summed E-state index contributed by atoms with van der Waals surface area (Å²) in [4.78, 5) is 25.0. The normalized spacial score (nSPS) is 18.5. The van der Waals surface area contributed by atoms with Crippen LogP contribution >= 0.6 is 0 Å². The predicted molar refractivity (Wildman–Crippen MR) is 73.1 cm³/mol. The van der Waals surface area contributed by atoms with Crippen LogP contribution in [0.2, 0.25) is 0 Å². The minimum Gasteiger partial charge on any atom is -0.399 e. The van der Waals surface area contributed by atoms with Crippen LogP contribution in [0.25, 0.3) is 0 Å². The molecule has 1 saturated heterocycles. The van der Waals surface area contributed by atoms with Crippen LogP contribution in [0.3, 0.4) is 0 Å². The molecule has 0 aliphatic carbocycles. The lowest BCUT2D eigenvalue weighted by molar-refractivity contribution is -0.137. The highest BCUT2D eigenvalue weighted by atomic mass is 16.2. The van der Waals surface area contributed by atoms with E-state index in [9.17, 15) is 9.59 Å². The quantitative estimate of drug-likeness (QED) is 0.781. The summed E-state index contributed by atoms with van der Waals surface area (Å²) in [5, 5.41) is 0. The fourth-order valence-corrected chi connectivity index (χ4v) is 2.50. The van der Waals surface area contributed by atoms with Crippen molar-refractivity contribution in [1.29, 1.82) is 0 Å². The summed E-state index contributed by atoms with van der Waals surface area (Å²) >= 11 is 0. The van der Waals surface area contributed by atoms with E-state index in [0.29, 0.717) is 31.5 Å². The SMILES string of the molecule is NC(=O)C1CCCN1C(=O)CCc1cccc(N)c1. The number of primary amides is 1. The number of amides is 2. The number of aryl methyl sites for hydroxylation is 1. The van der Waals surface area contributed by atoms with E-state index >= 15 is 0 Å². The lowest BCUT2D eigenvalue weighted by Gasteiger charge is -2.22. The highest BCUT2D eigenvalue weighted by molar-refractivity contribution is 5.87. The van der Waals surface area contributed by atoms with Crippen LogP contribution in [0.5, 0.6) is 0 Å². The van der Waals surface area contributed by atoms with E-state index in [1.165, 1.54) is 0 Å². The van der Waals surface area contributed by atoms with Gasteiger partial charge in [0.15, 0.2) is 0 Å². The zero-order valence-corrected chi connectivity index (χ0v) is 10.8. The zero-order valence-electron chi connectivity index (χ0n) is 10.8. The van der Waals surface area contributed by atoms with Crippen LogP contribution < -0.4 is 11.5 Å². The smallest absolute Gasteiger partial charge is 0.240 e. The van der Waals surface area contributed by atoms with E-state index in [2.05, 4.69) is 0 Å². The van der Waals surface area contributed by atoms with E-state index in [4.69, 9.17) is 11.5 Å². The predicted octanol–water partition coefficient (Wildman–Crippen LogP) is 0.678. The molecule has 1 aromatic rings. The van der Waals surface area contributed by atoms with Crippen molar-refractivity contribution in [3.63, 3.8) is 0 Å². The molecule has 0 radical (unpaired) electrons. The van der Waals surface area contributed by atoms with Gasteiger partial charge in [-0.25, -0.2) is 0 Å². The monoisotopic (exact) mass is 261 g/mol. The molecular formula is C14H19N3O2. The van der Waals surface area contributed by atoms with Crippen molar-refractivity contribution in [2.24, 2.45) is 5.73 Å². The number of carbonyl (C=O) groups excluding carboxylic acids is 2. The molecule has 1 aliphatic rings. The third-order valence-electron chi connectivity index (χ3n) is 3.48. The molecule has 2 amide bonds. The van der Waals surface area contributed by atoms with Crippen LogP contribution in [-0.2, 0) is 16.0 Å². The molecule has 4 N–H and O–H groups in total. The second-order valence-corrected chi connectivity index (χ2v) is 4.89. The Labute approximate surface area is 112 Å². The van der Waals surface area contributed by atoms with Crippen LogP contribution in [0.15, 0.2) is 24.3 Å². The molecule has 102 valence electrons. The number of carbonyl (C=O) groups is 2. The van der Waals surface area contributed by atoms with Crippen LogP contribution in [0.1, 0.15) is 24.8 Å². The molecule has 0 spiro atoms. The van der Waals surface area contributed by atoms with Gasteiger partial charge in [0.05, 0.1) is 0 Å². The van der Waals surface area contributed by atoms with Crippen molar-refractivity contribution in [3.8, 4) is 0 Å². The Morgan fingerprint density at radius 2 is 2.16 bits per heavy atom. The first-order valence-electron chi connectivity index (χ1n) is 6.51. The van der Waals surface area contributed by atoms with Gasteiger partial charge < -0.3 is 16.4 Å². The molecule has 1 fully saturated rings. The molecule has 2 rings (SSSR count). The maximum atomic E-state index is 12.1. The molecule has 1 aliphatic heterocycles. The Hall–Kier alpha value is -2.04. The van der Waals surface area contributed by atoms with Gasteiger partial charge in [-0.3, -0.25) is 9.59 Å². The van der Waals surface area contributed by atoms with E-state index in [-0.39, 0.29) is 5.91 Å². The first-order chi connectivity index (χ1) is 9.08. The van der Waals surface area contributed by atoms with Crippen molar-refractivity contribution < 1.29 is 9.59 Å². The van der Waals surface area contributed by atoms with Crippen molar-refractivity contribution in [2.75, 3.05) is 12.3 Å². The summed E-state index contributed by atoms with van der Waals surface area (Å²) in [6.45, 7) is 0.628. The molecule has 1 atom stereocenters. The third kappa shape index (κ3) is 3.24. The van der Waals surface area contributed by atoms with Crippen molar-refractivity contribution in [3.05, 3.63) is 29.8 Å². The average Bonchev–Trinajstić information content (AvgIpc) is 2.85. The number of nitrogen functional groups attached to an aromatic ring is 1. The standard InChI is InChI=1S/C14H19N3O2/c15-11-4-1-3-10(9-11)6-7-13(18)17-8-2-5-12(17)14(16)19/h1,3-4,9,12H,2,5-8,15H2,(H2,16,19). The highest BCUT2D eigenvalue weighted by Gasteiger charge is 2.31. The first-order valence-corrected chi connectivity index (χ1v) is 6.51. The molecule has 1 unspecified atom stereocenters. The lowest BCUT2D eigenvalue weighted by atomic mass is 10.1. The summed E-state index contributed by atoms with van der Waals surface area (Å²) in [5.41, 5.74) is 12.7. The van der Waals surface area contributed by atoms with Crippen LogP contribution in [-0.4, -0.2) is 29.3 Å². The Morgan fingerprint density at radius 1 is 1.37 bits per heavy atom. The Bertz CT molecular complexity index is 487. The number of nitrogens with zero attached hydrogens (tertiary/aromatic N) is 1. The van der Waals surface area contributed by atoms with Gasteiger partial charge >= 0.3 is 0 Å². The number of nitrogens with two attached hydrogens (primary N) is 2. The topological polar surface area (TPSA) is 89.4 Å². The highest BCUT2D eigenvalue weighted by Crippen LogP contribution is 2.19. The van der Waals surface area contributed by atoms with E-state index in [1.54, 1.807) is 4.90 Å². The summed E-state index contributed by atoms with van der Waals surface area (Å²) < 4.78 is 0. The molecule has 19 heavy (non-hydrogen) atoms. The molecule has 0 saturated carbocycles. The average molecular weight is 261 g/mol. The van der Waals surface area contributed by atoms with Crippen molar-refractivity contribution in [2.45, 2.75) is 31.7 Å². The summed E-state index contributed by atoms with van der Waals surface area (Å²) in [7, 11) is 0. The van der Waals surface area contributed by atoms with Crippen molar-refractivity contribution >= 4 is 17.5 Å². The Morgan fingerprint density at radius 3 is 2.84 bits per heavy atom. The Kier molecular flexibility index (Phi) is 4.04. The molecular weight excluding hydrogens is 242 g/mol. The summed E-state index contributed by atoms with van der Waals surface area (Å²) in [6, 6.07) is 7.07. The fraction of sp³-hybridized carbons (Fsp3) is 0.429.